The summed E-state index contributed by atoms with van der Waals surface area (Å²) in [4.78, 5) is 8.50. The Bertz CT molecular complexity index is 1930. The van der Waals surface area contributed by atoms with Crippen LogP contribution in [0.3, 0.4) is 0 Å². The monoisotopic (exact) mass is 797 g/mol. The quantitative estimate of drug-likeness (QED) is 0.233. The topological polar surface area (TPSA) is 50.5 Å². The summed E-state index contributed by atoms with van der Waals surface area (Å²) in [5.41, 5.74) is 17.1. The number of benzene rings is 4. The van der Waals surface area contributed by atoms with Crippen molar-refractivity contribution in [2.75, 3.05) is 104 Å². The molecule has 58 heavy (non-hydrogen) atoms. The molecule has 6 rings (SSSR count). The highest BCUT2D eigenvalue weighted by Gasteiger charge is 2.15. The lowest BCUT2D eigenvalue weighted by Crippen LogP contribution is -3.00. The summed E-state index contributed by atoms with van der Waals surface area (Å²) in [5.74, 6) is 0. The summed E-state index contributed by atoms with van der Waals surface area (Å²) in [7, 11) is 24.8. The minimum atomic E-state index is 0. The van der Waals surface area contributed by atoms with E-state index in [0.717, 1.165) is 0 Å². The first-order chi connectivity index (χ1) is 26.7. The Hall–Kier alpha value is -5.89. The molecule has 0 bridgehead atoms. The van der Waals surface area contributed by atoms with Crippen LogP contribution in [-0.4, -0.2) is 111 Å². The molecule has 0 atom stereocenters. The second-order valence-electron chi connectivity index (χ2n) is 15.4. The van der Waals surface area contributed by atoms with Crippen molar-refractivity contribution in [1.29, 1.82) is 0 Å². The van der Waals surface area contributed by atoms with Crippen molar-refractivity contribution in [1.82, 2.24) is 0 Å². The summed E-state index contributed by atoms with van der Waals surface area (Å²) in [6.07, 6.45) is 17.6. The van der Waals surface area contributed by atoms with Crippen molar-refractivity contribution in [2.45, 2.75) is 0 Å². The third-order valence-corrected chi connectivity index (χ3v) is 10.0. The largest absolute Gasteiger partial charge is 1.00 e. The van der Waals surface area contributed by atoms with Gasteiger partial charge in [-0.3, -0.25) is 0 Å². The Labute approximate surface area is 354 Å². The van der Waals surface area contributed by atoms with Gasteiger partial charge in [0.2, 0.25) is 0 Å². The van der Waals surface area contributed by atoms with Gasteiger partial charge in [0.05, 0.1) is 0 Å². The van der Waals surface area contributed by atoms with E-state index in [4.69, 9.17) is 0 Å². The number of hydrogen-bond donors (Lipinski definition) is 0. The molecule has 304 valence electrons. The van der Waals surface area contributed by atoms with Gasteiger partial charge in [0, 0.05) is 103 Å². The van der Waals surface area contributed by atoms with E-state index in [-0.39, 0.29) is 17.9 Å². The zero-order valence-corrected chi connectivity index (χ0v) is 37.2. The Balaban J connectivity index is 0.000000300. The molecule has 2 N–H and O–H groups in total. The van der Waals surface area contributed by atoms with Crippen molar-refractivity contribution >= 4 is 45.3 Å². The van der Waals surface area contributed by atoms with Crippen LogP contribution in [0.15, 0.2) is 157 Å². The normalized spacial score (nSPS) is 12.5. The molecule has 0 saturated heterocycles. The molecule has 2 aliphatic carbocycles. The molecular formula is C50H62ClN6O+. The van der Waals surface area contributed by atoms with Crippen LogP contribution in [0.2, 0.25) is 0 Å². The second-order valence-corrected chi connectivity index (χ2v) is 15.4. The number of hydrogen-bond acceptors (Lipinski definition) is 4. The van der Waals surface area contributed by atoms with E-state index < -0.39 is 0 Å². The predicted octanol–water partition coefficient (Wildman–Crippen LogP) is 5.10. The van der Waals surface area contributed by atoms with Gasteiger partial charge in [-0.1, -0.05) is 48.5 Å². The molecule has 4 aromatic rings. The third-order valence-electron chi connectivity index (χ3n) is 10.0. The first-order valence-corrected chi connectivity index (χ1v) is 19.1. The van der Waals surface area contributed by atoms with E-state index in [1.807, 2.05) is 0 Å². The molecule has 0 unspecified atom stereocenters. The van der Waals surface area contributed by atoms with Gasteiger partial charge in [-0.15, -0.1) is 0 Å². The maximum absolute atomic E-state index is 2.21. The van der Waals surface area contributed by atoms with Crippen molar-refractivity contribution < 1.29 is 27.0 Å². The van der Waals surface area contributed by atoms with Crippen LogP contribution in [0, 0.1) is 0 Å². The molecule has 0 heterocycles. The van der Waals surface area contributed by atoms with Crippen molar-refractivity contribution in [3.63, 3.8) is 0 Å². The minimum absolute atomic E-state index is 0. The minimum Gasteiger partial charge on any atom is -1.00 e. The lowest BCUT2D eigenvalue weighted by Gasteiger charge is -2.18. The smallest absolute Gasteiger partial charge is 0.199 e. The Morgan fingerprint density at radius 2 is 0.517 bits per heavy atom. The van der Waals surface area contributed by atoms with Crippen LogP contribution < -0.4 is 32.0 Å². The Morgan fingerprint density at radius 3 is 0.672 bits per heavy atom. The molecule has 0 aliphatic heterocycles. The number of anilines is 4. The third kappa shape index (κ3) is 11.6. The zero-order valence-electron chi connectivity index (χ0n) is 36.4. The van der Waals surface area contributed by atoms with Crippen LogP contribution in [0.25, 0.3) is 11.1 Å². The molecule has 0 amide bonds. The van der Waals surface area contributed by atoms with Gasteiger partial charge < -0.3 is 37.5 Å². The lowest BCUT2D eigenvalue weighted by atomic mass is 9.90. The SMILES string of the molecule is CN(C)c1ccc(C(=C2C=CC(=[N+](C)C)C=C2)c2ccc(N(C)C)cc2)cc1.CN(C)c1ccc(C(=C2C=CC(=[N+](C)C)C=C2)c2ccc(N(C)C)cc2)cc1.O.[Cl-]. The van der Waals surface area contributed by atoms with Crippen molar-refractivity contribution in [3.8, 4) is 0 Å². The zero-order chi connectivity index (χ0) is 40.5. The molecule has 0 radical (unpaired) electrons. The standard InChI is InChI=1S/2C25H30N3.ClH.H2O/c2*1-26(2)22-13-7-19(8-14-22)25(20-9-15-23(16-10-20)27(3)4)21-11-17-24(18-12-21)28(5)6;;/h2*7-18H,1-6H3;1H;1H2/q2*+1;;/p-1. The number of allylic oxidation sites excluding steroid dienone is 10. The van der Waals surface area contributed by atoms with Crippen LogP contribution >= 0.6 is 0 Å². The highest BCUT2D eigenvalue weighted by Crippen LogP contribution is 2.33. The van der Waals surface area contributed by atoms with E-state index in [9.17, 15) is 0 Å². The summed E-state index contributed by atoms with van der Waals surface area (Å²) < 4.78 is 4.25. The number of rotatable bonds is 8. The van der Waals surface area contributed by atoms with Crippen LogP contribution in [-0.2, 0) is 0 Å². The molecular weight excluding hydrogens is 736 g/mol. The average molecular weight is 799 g/mol. The van der Waals surface area contributed by atoms with Crippen LogP contribution in [0.4, 0.5) is 22.7 Å². The van der Waals surface area contributed by atoms with E-state index in [1.54, 1.807) is 0 Å². The van der Waals surface area contributed by atoms with Crippen LogP contribution in [0.1, 0.15) is 22.3 Å². The molecule has 8 heteroatoms. The van der Waals surface area contributed by atoms with Crippen molar-refractivity contribution in [3.05, 3.63) is 179 Å². The molecule has 0 saturated carbocycles. The van der Waals surface area contributed by atoms with E-state index >= 15 is 0 Å². The maximum Gasteiger partial charge on any atom is 0.199 e. The summed E-state index contributed by atoms with van der Waals surface area (Å²) in [6.45, 7) is 0. The van der Waals surface area contributed by atoms with Gasteiger partial charge in [-0.2, -0.15) is 0 Å². The van der Waals surface area contributed by atoms with E-state index in [2.05, 4.69) is 259 Å². The highest BCUT2D eigenvalue weighted by atomic mass is 35.5. The van der Waals surface area contributed by atoms with E-state index in [1.165, 1.54) is 78.7 Å². The fraction of sp³-hybridized carbons (Fsp3) is 0.240. The molecule has 4 aromatic carbocycles. The number of halogens is 1. The van der Waals surface area contributed by atoms with Gasteiger partial charge in [-0.25, -0.2) is 9.15 Å². The van der Waals surface area contributed by atoms with Gasteiger partial charge in [0.25, 0.3) is 0 Å². The summed E-state index contributed by atoms with van der Waals surface area (Å²) in [5, 5.41) is 0. The predicted molar refractivity (Wildman–Crippen MR) is 250 cm³/mol. The Morgan fingerprint density at radius 1 is 0.328 bits per heavy atom. The van der Waals surface area contributed by atoms with Crippen LogP contribution in [0.5, 0.6) is 0 Å². The summed E-state index contributed by atoms with van der Waals surface area (Å²) >= 11 is 0. The average Bonchev–Trinajstić information content (AvgIpc) is 3.19. The maximum atomic E-state index is 2.21. The molecule has 0 spiro atoms. The first kappa shape index (κ1) is 46.5. The molecule has 0 fully saturated rings. The fourth-order valence-corrected chi connectivity index (χ4v) is 6.56. The highest BCUT2D eigenvalue weighted by molar-refractivity contribution is 6.04. The molecule has 0 aromatic heterocycles. The number of nitrogens with zero attached hydrogens (tertiary/aromatic N) is 6. The molecule has 2 aliphatic rings. The Kier molecular flexibility index (Phi) is 16.9. The fourth-order valence-electron chi connectivity index (χ4n) is 6.56. The van der Waals surface area contributed by atoms with Gasteiger partial charge in [-0.05, 0) is 117 Å². The first-order valence-electron chi connectivity index (χ1n) is 19.1. The van der Waals surface area contributed by atoms with Crippen molar-refractivity contribution in [2.24, 2.45) is 0 Å². The van der Waals surface area contributed by atoms with Gasteiger partial charge >= 0.3 is 0 Å². The lowest BCUT2D eigenvalue weighted by molar-refractivity contribution is -0.462. The van der Waals surface area contributed by atoms with Gasteiger partial charge in [0.1, 0.15) is 28.2 Å². The van der Waals surface area contributed by atoms with E-state index in [0.29, 0.717) is 0 Å². The summed E-state index contributed by atoms with van der Waals surface area (Å²) in [6, 6.07) is 35.1. The second kappa shape index (κ2) is 21.0. The van der Waals surface area contributed by atoms with Gasteiger partial charge in [0.15, 0.2) is 11.4 Å². The molecule has 7 nitrogen and oxygen atoms in total.